The van der Waals surface area contributed by atoms with Crippen molar-refractivity contribution in [1.82, 2.24) is 14.5 Å². The smallest absolute Gasteiger partial charge is 0.187 e. The molecule has 0 spiro atoms. The lowest BCUT2D eigenvalue weighted by Crippen LogP contribution is -2.68. The first kappa shape index (κ1) is 82.4. The third-order valence-corrected chi connectivity index (χ3v) is 19.9. The van der Waals surface area contributed by atoms with E-state index in [9.17, 15) is 117 Å². The van der Waals surface area contributed by atoms with E-state index < -0.39 is 255 Å². The van der Waals surface area contributed by atoms with Gasteiger partial charge in [0, 0.05) is 18.4 Å². The fourth-order valence-electron chi connectivity index (χ4n) is 13.9. The zero-order valence-electron chi connectivity index (χ0n) is 56.7. The zero-order valence-corrected chi connectivity index (χ0v) is 56.7. The van der Waals surface area contributed by atoms with Crippen molar-refractivity contribution in [3.05, 3.63) is 71.2 Å². The number of aliphatic hydroxyl groups excluding tert-OH is 23. The summed E-state index contributed by atoms with van der Waals surface area (Å²) in [7, 11) is 0. The van der Waals surface area contributed by atoms with Gasteiger partial charge >= 0.3 is 0 Å². The summed E-state index contributed by atoms with van der Waals surface area (Å²) < 4.78 is 70.3. The Morgan fingerprint density at radius 2 is 0.808 bits per heavy atom. The lowest BCUT2D eigenvalue weighted by atomic mass is 9.95. The highest BCUT2D eigenvalue weighted by Crippen LogP contribution is 2.38. The second-order valence-electron chi connectivity index (χ2n) is 27.0. The molecule has 588 valence electrons. The molecule has 0 aliphatic carbocycles. The summed E-state index contributed by atoms with van der Waals surface area (Å²) in [4.78, 5) is 9.84. The van der Waals surface area contributed by atoms with E-state index in [1.54, 1.807) is 0 Å². The average molecular weight is 1490 g/mol. The summed E-state index contributed by atoms with van der Waals surface area (Å²) in [6.07, 6.45) is -62.9. The Labute approximate surface area is 594 Å². The third kappa shape index (κ3) is 17.6. The minimum Gasteiger partial charge on any atom is -0.394 e. The number of imidazole rings is 1. The standard InChI is InChI=1S/C66H99N3O35/c1-3-4-12-38-68-39-25(2)67-29-10-6-5-9-28(29)40(39)69(38)17-27-15-13-26(14-16-27)8-7-11-30(77)41(79)55(31(78)18-70)99-62-50(88)44(82)57(33(20-72)94-62)101-64-52(90)46(84)59(35(22-74)96-64)103-66-54(92)48(86)60(37(24-76)98-66)104-65-53(91)47(85)58(36(23-75)97-65)102-63-51(89)45(83)56(34(21-73)95-63)100-61-49(87)43(81)42(80)32(19-71)93-61/h5-6,9-10,13-16,30-37,41-66,70-92H,3-4,7-8,11-12,17-24H2,1-2H3/t30-,31+,32+,33+,34+,35+,36+,37+,41+,42+,43-,44+,45+,46+,47+,48+,49+,50+,51+,52+,53+,54+,55?,56+,57+,58+,59+,60+,61?,62+,63?,64?,65?,66?/m0/s1. The molecule has 34 atom stereocenters. The van der Waals surface area contributed by atoms with Crippen molar-refractivity contribution in [1.29, 1.82) is 0 Å². The number of ether oxygens (including phenoxy) is 12. The molecule has 4 aromatic rings. The van der Waals surface area contributed by atoms with Gasteiger partial charge in [-0.15, -0.1) is 0 Å². The van der Waals surface area contributed by atoms with E-state index in [1.807, 2.05) is 55.5 Å². The number of unbranched alkanes of at least 4 members (excludes halogenated alkanes) is 1. The van der Waals surface area contributed by atoms with Crippen LogP contribution in [0.4, 0.5) is 0 Å². The largest absolute Gasteiger partial charge is 0.394 e. The van der Waals surface area contributed by atoms with Gasteiger partial charge in [-0.1, -0.05) is 55.8 Å². The van der Waals surface area contributed by atoms with Crippen LogP contribution in [-0.4, -0.2) is 387 Å². The number of benzene rings is 2. The summed E-state index contributed by atoms with van der Waals surface area (Å²) in [6.45, 7) is -2.44. The molecule has 0 saturated carbocycles. The summed E-state index contributed by atoms with van der Waals surface area (Å²) in [5.41, 5.74) is 5.53. The second-order valence-corrected chi connectivity index (χ2v) is 27.0. The molecular weight excluding hydrogens is 1390 g/mol. The van der Waals surface area contributed by atoms with Crippen LogP contribution in [0.25, 0.3) is 21.9 Å². The van der Waals surface area contributed by atoms with Gasteiger partial charge in [-0.05, 0) is 49.8 Å². The number of hydrogen-bond acceptors (Lipinski definition) is 37. The summed E-state index contributed by atoms with van der Waals surface area (Å²) >= 11 is 0. The highest BCUT2D eigenvalue weighted by molar-refractivity contribution is 6.03. The number of fused-ring (bicyclic) bond motifs is 3. The van der Waals surface area contributed by atoms with Gasteiger partial charge < -0.3 is 179 Å². The van der Waals surface area contributed by atoms with E-state index in [4.69, 9.17) is 66.8 Å². The molecule has 6 aliphatic heterocycles. The predicted octanol–water partition coefficient (Wildman–Crippen LogP) is -10.0. The fraction of sp³-hybridized carbons (Fsp3) is 0.758. The van der Waals surface area contributed by atoms with E-state index in [-0.39, 0.29) is 6.42 Å². The maximum absolute atomic E-state index is 11.5. The lowest BCUT2D eigenvalue weighted by Gasteiger charge is -2.50. The maximum Gasteiger partial charge on any atom is 0.187 e. The average Bonchev–Trinajstić information content (AvgIpc) is 1.70. The summed E-state index contributed by atoms with van der Waals surface area (Å²) in [6, 6.07) is 15.9. The van der Waals surface area contributed by atoms with E-state index in [2.05, 4.69) is 11.5 Å². The molecule has 38 nitrogen and oxygen atoms in total. The number of para-hydroxylation sites is 1. The number of nitrogens with zero attached hydrogens (tertiary/aromatic N) is 3. The lowest BCUT2D eigenvalue weighted by molar-refractivity contribution is -0.397. The highest BCUT2D eigenvalue weighted by atomic mass is 16.8. The molecule has 104 heavy (non-hydrogen) atoms. The molecule has 6 unspecified atom stereocenters. The van der Waals surface area contributed by atoms with Gasteiger partial charge in [0.15, 0.2) is 37.7 Å². The number of aryl methyl sites for hydroxylation is 3. The van der Waals surface area contributed by atoms with Gasteiger partial charge in [-0.2, -0.15) is 0 Å². The fourth-order valence-corrected chi connectivity index (χ4v) is 13.9. The number of hydrogen-bond donors (Lipinski definition) is 23. The van der Waals surface area contributed by atoms with E-state index in [1.165, 1.54) is 0 Å². The molecule has 38 heteroatoms. The predicted molar refractivity (Wildman–Crippen MR) is 344 cm³/mol. The Morgan fingerprint density at radius 1 is 0.423 bits per heavy atom. The van der Waals surface area contributed by atoms with Gasteiger partial charge in [-0.25, -0.2) is 4.98 Å². The Morgan fingerprint density at radius 3 is 1.22 bits per heavy atom. The van der Waals surface area contributed by atoms with E-state index >= 15 is 0 Å². The van der Waals surface area contributed by atoms with Crippen molar-refractivity contribution in [2.24, 2.45) is 0 Å². The minimum atomic E-state index is -2.25. The van der Waals surface area contributed by atoms with Crippen LogP contribution in [0.3, 0.4) is 0 Å². The normalized spacial score (nSPS) is 40.0. The summed E-state index contributed by atoms with van der Waals surface area (Å²) in [5.74, 6) is 0.964. The second kappa shape index (κ2) is 36.6. The number of rotatable bonds is 31. The van der Waals surface area contributed by atoms with Crippen molar-refractivity contribution in [3.8, 4) is 0 Å². The van der Waals surface area contributed by atoms with Crippen LogP contribution in [-0.2, 0) is 76.2 Å². The van der Waals surface area contributed by atoms with Crippen LogP contribution < -0.4 is 0 Å². The van der Waals surface area contributed by atoms with Gasteiger partial charge in [0.2, 0.25) is 0 Å². The molecule has 23 N–H and O–H groups in total. The van der Waals surface area contributed by atoms with Crippen LogP contribution >= 0.6 is 0 Å². The van der Waals surface area contributed by atoms with Gasteiger partial charge in [-0.3, -0.25) is 4.98 Å². The third-order valence-electron chi connectivity index (χ3n) is 19.9. The van der Waals surface area contributed by atoms with Crippen molar-refractivity contribution < 1.29 is 174 Å². The molecular formula is C66H99N3O35. The molecule has 0 bridgehead atoms. The molecule has 8 heterocycles. The maximum atomic E-state index is 11.5. The van der Waals surface area contributed by atoms with Gasteiger partial charge in [0.1, 0.15) is 176 Å². The van der Waals surface area contributed by atoms with Gasteiger partial charge in [0.25, 0.3) is 0 Å². The molecule has 6 saturated heterocycles. The van der Waals surface area contributed by atoms with Gasteiger partial charge in [0.05, 0.1) is 69.1 Å². The molecule has 10 rings (SSSR count). The van der Waals surface area contributed by atoms with Crippen molar-refractivity contribution in [2.45, 2.75) is 268 Å². The number of aromatic nitrogens is 3. The van der Waals surface area contributed by atoms with E-state index in [0.717, 1.165) is 63.8 Å². The van der Waals surface area contributed by atoms with Crippen LogP contribution in [0, 0.1) is 6.92 Å². The Kier molecular flexibility index (Phi) is 29.0. The molecule has 6 aliphatic rings. The van der Waals surface area contributed by atoms with Crippen LogP contribution in [0.15, 0.2) is 48.5 Å². The topological polar surface area (TPSA) is 607 Å². The highest BCUT2D eigenvalue weighted by Gasteiger charge is 2.58. The van der Waals surface area contributed by atoms with Crippen LogP contribution in [0.2, 0.25) is 0 Å². The molecule has 2 aromatic carbocycles. The van der Waals surface area contributed by atoms with Crippen LogP contribution in [0.1, 0.15) is 55.3 Å². The minimum absolute atomic E-state index is 0.0516. The number of aliphatic hydroxyl groups is 23. The monoisotopic (exact) mass is 1490 g/mol. The molecule has 6 fully saturated rings. The first-order chi connectivity index (χ1) is 49.8. The van der Waals surface area contributed by atoms with E-state index in [0.29, 0.717) is 19.4 Å². The Balaban J connectivity index is 0.706. The SMILES string of the molecule is CCCCc1nc2c(C)nc3ccccc3c2n1Cc1ccc(CCC[C@H](O)[C@@H](O)C(O[C@H]2O[C@H](CO)[C@@H](OC3O[C@H](CO)[C@@H](OC4O[C@H](CO)[C@@H](OC5O[C@H](CO)[C@@H](OC6O[C@H](CO)[C@@H](OC7O[C@H](CO)[C@@H](O)[C@H](O)[C@H]7O)[C@H](O)[C@H]6O)[C@H](O)[C@H]5O)[C@H](O)[C@H]4O)[C@H](O)[C@H]3O)[C@H](O)[C@H]2O)[C@H](O)CO)cc1. The van der Waals surface area contributed by atoms with Crippen LogP contribution in [0.5, 0.6) is 0 Å². The number of pyridine rings is 1. The van der Waals surface area contributed by atoms with Crippen molar-refractivity contribution in [2.75, 3.05) is 46.2 Å². The quantitative estimate of drug-likeness (QED) is 0.0222. The zero-order chi connectivity index (χ0) is 75.3. The van der Waals surface area contributed by atoms with Crippen molar-refractivity contribution in [3.63, 3.8) is 0 Å². The summed E-state index contributed by atoms with van der Waals surface area (Å²) in [5, 5.41) is 251. The molecule has 0 amide bonds. The molecule has 0 radical (unpaired) electrons. The first-order valence-electron chi connectivity index (χ1n) is 34.6. The Hall–Kier alpha value is -4.08. The van der Waals surface area contributed by atoms with Crippen molar-refractivity contribution >= 4 is 21.9 Å². The Bertz CT molecular complexity index is 3290. The molecule has 2 aromatic heterocycles. The first-order valence-corrected chi connectivity index (χ1v) is 34.6.